The molecule has 1 unspecified atom stereocenters. The molecule has 0 aliphatic carbocycles. The second kappa shape index (κ2) is 6.70. The lowest BCUT2D eigenvalue weighted by atomic mass is 10.3. The Balaban J connectivity index is 3.53. The van der Waals surface area contributed by atoms with Gasteiger partial charge in [-0.2, -0.15) is 0 Å². The fourth-order valence-corrected chi connectivity index (χ4v) is 0.678. The van der Waals surface area contributed by atoms with E-state index in [4.69, 9.17) is 10.2 Å². The molecule has 0 aromatic carbocycles. The minimum absolute atomic E-state index is 0.119. The molecular formula is C6H10O6S. The first kappa shape index (κ1) is 12.2. The fourth-order valence-electron chi connectivity index (χ4n) is 0.337. The van der Waals surface area contributed by atoms with Crippen molar-refractivity contribution in [3.63, 3.8) is 0 Å². The molecular weight excluding hydrogens is 200 g/mol. The lowest BCUT2D eigenvalue weighted by Gasteiger charge is -2.04. The SMILES string of the molecule is CCC(O)C(=O)OSOC(=O)CO. The van der Waals surface area contributed by atoms with Gasteiger partial charge in [0.05, 0.1) is 0 Å². The summed E-state index contributed by atoms with van der Waals surface area (Å²) in [5, 5.41) is 17.0. The van der Waals surface area contributed by atoms with Crippen molar-refractivity contribution in [3.8, 4) is 0 Å². The van der Waals surface area contributed by atoms with Gasteiger partial charge in [-0.05, 0) is 6.42 Å². The van der Waals surface area contributed by atoms with Crippen LogP contribution in [0.25, 0.3) is 0 Å². The second-order valence-corrected chi connectivity index (χ2v) is 2.48. The number of carbonyl (C=O) groups is 2. The summed E-state index contributed by atoms with van der Waals surface area (Å²) in [7, 11) is 0. The van der Waals surface area contributed by atoms with E-state index in [2.05, 4.69) is 8.37 Å². The third-order valence-corrected chi connectivity index (χ3v) is 1.52. The maximum atomic E-state index is 10.7. The van der Waals surface area contributed by atoms with Crippen LogP contribution in [0.15, 0.2) is 0 Å². The van der Waals surface area contributed by atoms with Crippen LogP contribution in [0.2, 0.25) is 0 Å². The standard InChI is InChI=1S/C6H10O6S/c1-2-4(8)6(10)12-13-11-5(9)3-7/h4,7-8H,2-3H2,1H3. The monoisotopic (exact) mass is 210 g/mol. The molecule has 0 aliphatic rings. The first-order chi connectivity index (χ1) is 6.11. The van der Waals surface area contributed by atoms with E-state index in [0.717, 1.165) is 0 Å². The summed E-state index contributed by atoms with van der Waals surface area (Å²) in [6, 6.07) is 0. The highest BCUT2D eigenvalue weighted by atomic mass is 32.2. The smallest absolute Gasteiger partial charge is 0.349 e. The molecule has 0 saturated heterocycles. The van der Waals surface area contributed by atoms with Gasteiger partial charge in [0.15, 0.2) is 6.10 Å². The number of hydrogen-bond donors (Lipinski definition) is 2. The molecule has 13 heavy (non-hydrogen) atoms. The van der Waals surface area contributed by atoms with Crippen molar-refractivity contribution in [1.29, 1.82) is 0 Å². The Morgan fingerprint density at radius 3 is 2.54 bits per heavy atom. The zero-order valence-electron chi connectivity index (χ0n) is 6.93. The lowest BCUT2D eigenvalue weighted by Crippen LogP contribution is -2.20. The van der Waals surface area contributed by atoms with Gasteiger partial charge < -0.3 is 18.6 Å². The van der Waals surface area contributed by atoms with Crippen LogP contribution >= 0.6 is 12.3 Å². The van der Waals surface area contributed by atoms with Crippen LogP contribution in [0.5, 0.6) is 0 Å². The Morgan fingerprint density at radius 2 is 2.08 bits per heavy atom. The van der Waals surface area contributed by atoms with Gasteiger partial charge in [0.1, 0.15) is 6.61 Å². The molecule has 0 fully saturated rings. The molecule has 0 aromatic heterocycles. The Kier molecular flexibility index (Phi) is 6.29. The van der Waals surface area contributed by atoms with Gasteiger partial charge in [-0.25, -0.2) is 9.59 Å². The van der Waals surface area contributed by atoms with E-state index in [1.165, 1.54) is 0 Å². The fraction of sp³-hybridized carbons (Fsp3) is 0.667. The number of carbonyl (C=O) groups excluding carboxylic acids is 2. The zero-order valence-corrected chi connectivity index (χ0v) is 7.74. The van der Waals surface area contributed by atoms with E-state index in [1.807, 2.05) is 0 Å². The van der Waals surface area contributed by atoms with E-state index in [1.54, 1.807) is 6.92 Å². The van der Waals surface area contributed by atoms with E-state index in [-0.39, 0.29) is 18.7 Å². The summed E-state index contributed by atoms with van der Waals surface area (Å²) in [4.78, 5) is 21.0. The largest absolute Gasteiger partial charge is 0.385 e. The summed E-state index contributed by atoms with van der Waals surface area (Å²) < 4.78 is 8.37. The van der Waals surface area contributed by atoms with Crippen molar-refractivity contribution >= 4 is 24.3 Å². The summed E-state index contributed by atoms with van der Waals surface area (Å²) in [6.07, 6.45) is -1.01. The molecule has 0 heterocycles. The minimum Gasteiger partial charge on any atom is -0.385 e. The molecule has 0 aromatic rings. The Bertz CT molecular complexity index is 182. The average Bonchev–Trinajstić information content (AvgIpc) is 2.15. The van der Waals surface area contributed by atoms with Gasteiger partial charge in [-0.15, -0.1) is 0 Å². The summed E-state index contributed by atoms with van der Waals surface area (Å²) in [5.74, 6) is -1.82. The highest BCUT2D eigenvalue weighted by molar-refractivity contribution is 7.90. The van der Waals surface area contributed by atoms with Crippen LogP contribution in [-0.2, 0) is 18.0 Å². The van der Waals surface area contributed by atoms with Crippen LogP contribution in [0.3, 0.4) is 0 Å². The molecule has 1 atom stereocenters. The summed E-state index contributed by atoms with van der Waals surface area (Å²) >= 11 is 0.119. The van der Waals surface area contributed by atoms with E-state index >= 15 is 0 Å². The van der Waals surface area contributed by atoms with Gasteiger partial charge in [-0.1, -0.05) is 6.92 Å². The Hall–Kier alpha value is -0.790. The second-order valence-electron chi connectivity index (χ2n) is 2.01. The van der Waals surface area contributed by atoms with Crippen molar-refractivity contribution in [2.45, 2.75) is 19.4 Å². The summed E-state index contributed by atoms with van der Waals surface area (Å²) in [6.45, 7) is 0.803. The van der Waals surface area contributed by atoms with Crippen molar-refractivity contribution in [3.05, 3.63) is 0 Å². The molecule has 0 saturated carbocycles. The molecule has 7 heteroatoms. The molecule has 0 aliphatic heterocycles. The van der Waals surface area contributed by atoms with Gasteiger partial charge in [-0.3, -0.25) is 0 Å². The maximum absolute atomic E-state index is 10.7. The third-order valence-electron chi connectivity index (χ3n) is 1.03. The van der Waals surface area contributed by atoms with E-state index in [0.29, 0.717) is 0 Å². The molecule has 0 amide bonds. The number of rotatable bonds is 5. The molecule has 6 nitrogen and oxygen atoms in total. The Morgan fingerprint density at radius 1 is 1.46 bits per heavy atom. The van der Waals surface area contributed by atoms with Crippen molar-refractivity contribution in [2.75, 3.05) is 6.61 Å². The summed E-state index contributed by atoms with van der Waals surface area (Å²) in [5.41, 5.74) is 0. The van der Waals surface area contributed by atoms with Crippen LogP contribution < -0.4 is 0 Å². The van der Waals surface area contributed by atoms with Crippen LogP contribution in [0.4, 0.5) is 0 Å². The van der Waals surface area contributed by atoms with Crippen molar-refractivity contribution < 1.29 is 28.2 Å². The van der Waals surface area contributed by atoms with Crippen molar-refractivity contribution in [1.82, 2.24) is 0 Å². The number of aliphatic hydroxyl groups is 2. The topological polar surface area (TPSA) is 93.1 Å². The predicted molar refractivity (Wildman–Crippen MR) is 43.2 cm³/mol. The first-order valence-electron chi connectivity index (χ1n) is 3.48. The first-order valence-corrected chi connectivity index (χ1v) is 4.15. The lowest BCUT2D eigenvalue weighted by molar-refractivity contribution is -0.143. The van der Waals surface area contributed by atoms with E-state index in [9.17, 15) is 9.59 Å². The zero-order chi connectivity index (χ0) is 10.3. The van der Waals surface area contributed by atoms with E-state index < -0.39 is 24.6 Å². The molecule has 0 bridgehead atoms. The molecule has 76 valence electrons. The van der Waals surface area contributed by atoms with Gasteiger partial charge in [0.2, 0.25) is 0 Å². The normalized spacial score (nSPS) is 11.9. The van der Waals surface area contributed by atoms with Gasteiger partial charge in [0, 0.05) is 0 Å². The molecule has 0 spiro atoms. The Labute approximate surface area is 79.2 Å². The predicted octanol–water partition coefficient (Wildman–Crippen LogP) is -0.601. The number of aliphatic hydroxyl groups excluding tert-OH is 2. The van der Waals surface area contributed by atoms with Gasteiger partial charge in [0.25, 0.3) is 12.3 Å². The highest BCUT2D eigenvalue weighted by Gasteiger charge is 2.15. The quantitative estimate of drug-likeness (QED) is 0.585. The third kappa shape index (κ3) is 5.45. The van der Waals surface area contributed by atoms with Crippen LogP contribution in [-0.4, -0.2) is 34.9 Å². The average molecular weight is 210 g/mol. The molecule has 0 radical (unpaired) electrons. The molecule has 0 rings (SSSR count). The minimum atomic E-state index is -1.22. The highest BCUT2D eigenvalue weighted by Crippen LogP contribution is 2.07. The molecule has 2 N–H and O–H groups in total. The number of hydrogen-bond acceptors (Lipinski definition) is 7. The van der Waals surface area contributed by atoms with Gasteiger partial charge >= 0.3 is 11.9 Å². The van der Waals surface area contributed by atoms with Crippen LogP contribution in [0, 0.1) is 0 Å². The maximum Gasteiger partial charge on any atom is 0.349 e. The van der Waals surface area contributed by atoms with Crippen molar-refractivity contribution in [2.24, 2.45) is 0 Å². The van der Waals surface area contributed by atoms with Crippen LogP contribution in [0.1, 0.15) is 13.3 Å².